The largest absolute Gasteiger partial charge is 0.459 e. The molecule has 0 radical (unpaired) electrons. The molecule has 0 saturated carbocycles. The van der Waals surface area contributed by atoms with Gasteiger partial charge in [-0.05, 0) is 20.8 Å². The molecule has 0 bridgehead atoms. The molecule has 3 nitrogen and oxygen atoms in total. The van der Waals surface area contributed by atoms with E-state index in [4.69, 9.17) is 4.74 Å². The molecule has 0 amide bonds. The van der Waals surface area contributed by atoms with Gasteiger partial charge < -0.3 is 10.1 Å². The van der Waals surface area contributed by atoms with E-state index >= 15 is 0 Å². The average Bonchev–Trinajstić information content (AvgIpc) is 2.23. The summed E-state index contributed by atoms with van der Waals surface area (Å²) in [6.45, 7) is 13.0. The van der Waals surface area contributed by atoms with Crippen molar-refractivity contribution in [2.24, 2.45) is 0 Å². The van der Waals surface area contributed by atoms with Gasteiger partial charge in [-0.3, -0.25) is 4.79 Å². The molecule has 4 heteroatoms. The van der Waals surface area contributed by atoms with Crippen molar-refractivity contribution in [3.8, 4) is 11.5 Å². The van der Waals surface area contributed by atoms with Gasteiger partial charge in [-0.15, -0.1) is 5.54 Å². The van der Waals surface area contributed by atoms with Crippen molar-refractivity contribution in [2.75, 3.05) is 6.54 Å². The van der Waals surface area contributed by atoms with E-state index in [0.29, 0.717) is 13.0 Å². The SMILES string of the molecule is CC(C)(C)OC(=O)C1CC(C#C[Si](C)(C)C)=CCN1. The lowest BCUT2D eigenvalue weighted by atomic mass is 10.0. The van der Waals surface area contributed by atoms with Gasteiger partial charge in [0.25, 0.3) is 0 Å². The molecule has 0 spiro atoms. The number of hydrogen-bond donors (Lipinski definition) is 1. The summed E-state index contributed by atoms with van der Waals surface area (Å²) in [5.74, 6) is 3.05. The van der Waals surface area contributed by atoms with Crippen LogP contribution in [-0.4, -0.2) is 32.2 Å². The van der Waals surface area contributed by atoms with Crippen LogP contribution in [0.15, 0.2) is 11.6 Å². The summed E-state index contributed by atoms with van der Waals surface area (Å²) in [4.78, 5) is 12.0. The maximum Gasteiger partial charge on any atom is 0.324 e. The van der Waals surface area contributed by atoms with Crippen molar-refractivity contribution in [2.45, 2.75) is 58.5 Å². The highest BCUT2D eigenvalue weighted by atomic mass is 28.3. The first-order valence-corrected chi connectivity index (χ1v) is 10.3. The topological polar surface area (TPSA) is 38.3 Å². The first kappa shape index (κ1) is 16.0. The van der Waals surface area contributed by atoms with Crippen LogP contribution in [0, 0.1) is 11.5 Å². The monoisotopic (exact) mass is 279 g/mol. The molecule has 19 heavy (non-hydrogen) atoms. The standard InChI is InChI=1S/C15H25NO2Si/c1-15(2,3)18-14(17)13-11-12(7-9-16-13)8-10-19(4,5)6/h7,13,16H,9,11H2,1-6H3. The second kappa shape index (κ2) is 5.94. The van der Waals surface area contributed by atoms with Gasteiger partial charge in [-0.1, -0.05) is 31.6 Å². The van der Waals surface area contributed by atoms with Gasteiger partial charge in [0.15, 0.2) is 0 Å². The van der Waals surface area contributed by atoms with Crippen LogP contribution in [0.4, 0.5) is 0 Å². The first-order valence-electron chi connectivity index (χ1n) is 6.75. The van der Waals surface area contributed by atoms with Crippen molar-refractivity contribution in [3.05, 3.63) is 11.6 Å². The van der Waals surface area contributed by atoms with Gasteiger partial charge in [0, 0.05) is 18.5 Å². The minimum atomic E-state index is -1.37. The summed E-state index contributed by atoms with van der Waals surface area (Å²) < 4.78 is 5.40. The van der Waals surface area contributed by atoms with E-state index in [1.165, 1.54) is 0 Å². The molecule has 1 heterocycles. The molecular formula is C15H25NO2Si. The number of nitrogens with one attached hydrogen (secondary N) is 1. The molecular weight excluding hydrogens is 254 g/mol. The van der Waals surface area contributed by atoms with Crippen LogP contribution < -0.4 is 5.32 Å². The molecule has 0 saturated heterocycles. The quantitative estimate of drug-likeness (QED) is 0.455. The van der Waals surface area contributed by atoms with E-state index in [1.807, 2.05) is 20.8 Å². The van der Waals surface area contributed by atoms with E-state index in [1.54, 1.807) is 0 Å². The predicted molar refractivity (Wildman–Crippen MR) is 81.5 cm³/mol. The molecule has 0 aromatic carbocycles. The maximum atomic E-state index is 12.0. The number of rotatable bonds is 1. The Bertz CT molecular complexity index is 430. The highest BCUT2D eigenvalue weighted by molar-refractivity contribution is 6.83. The van der Waals surface area contributed by atoms with Crippen LogP contribution in [-0.2, 0) is 9.53 Å². The Morgan fingerprint density at radius 3 is 2.58 bits per heavy atom. The lowest BCUT2D eigenvalue weighted by Gasteiger charge is -2.26. The van der Waals surface area contributed by atoms with E-state index in [-0.39, 0.29) is 12.0 Å². The van der Waals surface area contributed by atoms with Crippen LogP contribution in [0.3, 0.4) is 0 Å². The fourth-order valence-electron chi connectivity index (χ4n) is 1.61. The predicted octanol–water partition coefficient (Wildman–Crippen LogP) is 2.50. The summed E-state index contributed by atoms with van der Waals surface area (Å²) >= 11 is 0. The van der Waals surface area contributed by atoms with Crippen molar-refractivity contribution >= 4 is 14.0 Å². The van der Waals surface area contributed by atoms with Crippen molar-refractivity contribution in [1.82, 2.24) is 5.32 Å². The van der Waals surface area contributed by atoms with Gasteiger partial charge >= 0.3 is 5.97 Å². The Morgan fingerprint density at radius 2 is 2.05 bits per heavy atom. The Hall–Kier alpha value is -1.05. The van der Waals surface area contributed by atoms with Crippen LogP contribution in [0.25, 0.3) is 0 Å². The van der Waals surface area contributed by atoms with Crippen LogP contribution in [0.1, 0.15) is 27.2 Å². The molecule has 1 aliphatic rings. The molecule has 0 aliphatic carbocycles. The van der Waals surface area contributed by atoms with Crippen molar-refractivity contribution < 1.29 is 9.53 Å². The van der Waals surface area contributed by atoms with Gasteiger partial charge in [-0.25, -0.2) is 0 Å². The Kier molecular flexibility index (Phi) is 5.00. The molecule has 0 fully saturated rings. The second-order valence-corrected chi connectivity index (χ2v) is 11.7. The molecule has 1 atom stereocenters. The van der Waals surface area contributed by atoms with Crippen LogP contribution >= 0.6 is 0 Å². The second-order valence-electron chi connectivity index (χ2n) is 6.93. The summed E-state index contributed by atoms with van der Waals surface area (Å²) in [5, 5.41) is 3.16. The van der Waals surface area contributed by atoms with E-state index in [9.17, 15) is 4.79 Å². The third-order valence-corrected chi connectivity index (χ3v) is 3.30. The van der Waals surface area contributed by atoms with Crippen molar-refractivity contribution in [3.63, 3.8) is 0 Å². The smallest absolute Gasteiger partial charge is 0.324 e. The Balaban J connectivity index is 2.66. The average molecular weight is 279 g/mol. The molecule has 106 valence electrons. The van der Waals surface area contributed by atoms with Gasteiger partial charge in [0.2, 0.25) is 0 Å². The van der Waals surface area contributed by atoms with E-state index in [2.05, 4.69) is 42.5 Å². The van der Waals surface area contributed by atoms with Crippen LogP contribution in [0.5, 0.6) is 0 Å². The highest BCUT2D eigenvalue weighted by Crippen LogP contribution is 2.15. The zero-order chi connectivity index (χ0) is 14.7. The zero-order valence-electron chi connectivity index (χ0n) is 12.9. The molecule has 0 aromatic rings. The van der Waals surface area contributed by atoms with Crippen LogP contribution in [0.2, 0.25) is 19.6 Å². The van der Waals surface area contributed by atoms with Gasteiger partial charge in [0.05, 0.1) is 0 Å². The number of esters is 1. The van der Waals surface area contributed by atoms with Gasteiger partial charge in [0.1, 0.15) is 19.7 Å². The highest BCUT2D eigenvalue weighted by Gasteiger charge is 2.27. The molecule has 0 aromatic heterocycles. The Labute approximate surface area is 117 Å². The minimum absolute atomic E-state index is 0.187. The fraction of sp³-hybridized carbons (Fsp3) is 0.667. The first-order chi connectivity index (χ1) is 8.57. The zero-order valence-corrected chi connectivity index (χ0v) is 13.9. The number of ether oxygens (including phenoxy) is 1. The third kappa shape index (κ3) is 6.60. The molecule has 1 rings (SSSR count). The molecule has 1 unspecified atom stereocenters. The van der Waals surface area contributed by atoms with E-state index in [0.717, 1.165) is 5.57 Å². The number of carbonyl (C=O) groups excluding carboxylic acids is 1. The van der Waals surface area contributed by atoms with Crippen molar-refractivity contribution in [1.29, 1.82) is 0 Å². The number of carbonyl (C=O) groups is 1. The summed E-state index contributed by atoms with van der Waals surface area (Å²) in [6, 6.07) is -0.268. The fourth-order valence-corrected chi connectivity index (χ4v) is 2.14. The lowest BCUT2D eigenvalue weighted by molar-refractivity contribution is -0.157. The number of hydrogen-bond acceptors (Lipinski definition) is 3. The lowest BCUT2D eigenvalue weighted by Crippen LogP contribution is -2.43. The summed E-state index contributed by atoms with van der Waals surface area (Å²) in [6.07, 6.45) is 2.69. The van der Waals surface area contributed by atoms with Gasteiger partial charge in [-0.2, -0.15) is 0 Å². The third-order valence-electron chi connectivity index (χ3n) is 2.43. The van der Waals surface area contributed by atoms with E-state index < -0.39 is 13.7 Å². The summed E-state index contributed by atoms with van der Waals surface area (Å²) in [5.41, 5.74) is 3.95. The maximum absolute atomic E-state index is 12.0. The minimum Gasteiger partial charge on any atom is -0.459 e. The molecule has 1 aliphatic heterocycles. The normalized spacial score (nSPS) is 20.1. The summed E-state index contributed by atoms with van der Waals surface area (Å²) in [7, 11) is -1.37. The Morgan fingerprint density at radius 1 is 1.42 bits per heavy atom. The molecule has 1 N–H and O–H groups in total.